The molecule has 258 valence electrons. The Labute approximate surface area is 285 Å². The van der Waals surface area contributed by atoms with Crippen LogP contribution in [0.2, 0.25) is 0 Å². The number of aliphatic hydroxyl groups is 1. The lowest BCUT2D eigenvalue weighted by atomic mass is 9.93. The van der Waals surface area contributed by atoms with Crippen LogP contribution in [-0.4, -0.2) is 68.1 Å². The van der Waals surface area contributed by atoms with Gasteiger partial charge in [0.1, 0.15) is 0 Å². The quantitative estimate of drug-likeness (QED) is 0.175. The molecule has 0 aliphatic carbocycles. The fourth-order valence-corrected chi connectivity index (χ4v) is 6.15. The van der Waals surface area contributed by atoms with E-state index in [2.05, 4.69) is 19.2 Å². The molecule has 2 heterocycles. The topological polar surface area (TPSA) is 108 Å². The van der Waals surface area contributed by atoms with E-state index < -0.39 is 23.6 Å². The number of amides is 3. The summed E-state index contributed by atoms with van der Waals surface area (Å²) in [6, 6.07) is 17.1. The predicted octanol–water partition coefficient (Wildman–Crippen LogP) is 6.24. The Hall–Kier alpha value is -4.90. The third kappa shape index (κ3) is 8.22. The van der Waals surface area contributed by atoms with E-state index in [9.17, 15) is 28.3 Å². The SMILES string of the molecule is CCCCN(CCCC)C(=O)c1cc(C)n(-c2ccc(NC(=O)Cc3ccc(F)c(F)c3)cc2C(=O)N2Cc3ccccc3CC2CO)n1. The van der Waals surface area contributed by atoms with Gasteiger partial charge in [0.05, 0.1) is 30.3 Å². The number of benzene rings is 3. The molecule has 49 heavy (non-hydrogen) atoms. The third-order valence-corrected chi connectivity index (χ3v) is 8.87. The van der Waals surface area contributed by atoms with Gasteiger partial charge in [0, 0.05) is 31.0 Å². The number of anilines is 1. The molecular formula is C38H43F2N5O4. The number of carbonyl (C=O) groups excluding carboxylic acids is 3. The lowest BCUT2D eigenvalue weighted by molar-refractivity contribution is -0.115. The number of hydrogen-bond acceptors (Lipinski definition) is 5. The largest absolute Gasteiger partial charge is 0.394 e. The molecule has 9 nitrogen and oxygen atoms in total. The molecule has 1 aliphatic heterocycles. The van der Waals surface area contributed by atoms with Gasteiger partial charge in [0.15, 0.2) is 17.3 Å². The van der Waals surface area contributed by atoms with Crippen molar-refractivity contribution in [3.8, 4) is 5.69 Å². The highest BCUT2D eigenvalue weighted by atomic mass is 19.2. The minimum absolute atomic E-state index is 0.175. The monoisotopic (exact) mass is 671 g/mol. The molecule has 0 fully saturated rings. The van der Waals surface area contributed by atoms with Crippen LogP contribution in [0.15, 0.2) is 66.7 Å². The number of hydrogen-bond donors (Lipinski definition) is 2. The van der Waals surface area contributed by atoms with Crippen LogP contribution in [0.25, 0.3) is 5.69 Å². The van der Waals surface area contributed by atoms with Crippen molar-refractivity contribution in [2.24, 2.45) is 0 Å². The van der Waals surface area contributed by atoms with E-state index in [1.807, 2.05) is 36.1 Å². The summed E-state index contributed by atoms with van der Waals surface area (Å²) in [5, 5.41) is 17.8. The maximum Gasteiger partial charge on any atom is 0.274 e. The smallest absolute Gasteiger partial charge is 0.274 e. The van der Waals surface area contributed by atoms with E-state index in [0.717, 1.165) is 48.9 Å². The molecule has 0 saturated carbocycles. The van der Waals surface area contributed by atoms with Crippen molar-refractivity contribution in [1.29, 1.82) is 0 Å². The molecule has 2 N–H and O–H groups in total. The lowest BCUT2D eigenvalue weighted by Gasteiger charge is -2.36. The molecule has 1 atom stereocenters. The zero-order chi connectivity index (χ0) is 35.1. The van der Waals surface area contributed by atoms with Crippen LogP contribution in [0.4, 0.5) is 14.5 Å². The summed E-state index contributed by atoms with van der Waals surface area (Å²) in [4.78, 5) is 44.5. The summed E-state index contributed by atoms with van der Waals surface area (Å²) >= 11 is 0. The highest BCUT2D eigenvalue weighted by molar-refractivity contribution is 6.01. The van der Waals surface area contributed by atoms with Gasteiger partial charge in [-0.2, -0.15) is 5.10 Å². The minimum Gasteiger partial charge on any atom is -0.394 e. The average Bonchev–Trinajstić information content (AvgIpc) is 3.49. The number of rotatable bonds is 13. The molecule has 0 bridgehead atoms. The fourth-order valence-electron chi connectivity index (χ4n) is 6.15. The van der Waals surface area contributed by atoms with E-state index in [1.54, 1.807) is 33.8 Å². The van der Waals surface area contributed by atoms with Crippen LogP contribution >= 0.6 is 0 Å². The lowest BCUT2D eigenvalue weighted by Crippen LogP contribution is -2.46. The highest BCUT2D eigenvalue weighted by Gasteiger charge is 2.32. The normalized spacial score (nSPS) is 14.0. The molecule has 11 heteroatoms. The van der Waals surface area contributed by atoms with E-state index in [0.29, 0.717) is 42.1 Å². The summed E-state index contributed by atoms with van der Waals surface area (Å²) < 4.78 is 28.8. The molecule has 0 saturated heterocycles. The van der Waals surface area contributed by atoms with E-state index in [4.69, 9.17) is 5.10 Å². The summed E-state index contributed by atoms with van der Waals surface area (Å²) in [6.45, 7) is 7.26. The Bertz CT molecular complexity index is 1820. The Balaban J connectivity index is 1.51. The number of unbranched alkanes of at least 4 members (excludes halogenated alkanes) is 2. The Kier molecular flexibility index (Phi) is 11.6. The molecular weight excluding hydrogens is 628 g/mol. The summed E-state index contributed by atoms with van der Waals surface area (Å²) in [6.07, 6.45) is 3.92. The van der Waals surface area contributed by atoms with Crippen molar-refractivity contribution in [2.45, 2.75) is 71.9 Å². The highest BCUT2D eigenvalue weighted by Crippen LogP contribution is 2.29. The first-order valence-corrected chi connectivity index (χ1v) is 16.9. The van der Waals surface area contributed by atoms with Crippen LogP contribution in [-0.2, 0) is 24.2 Å². The van der Waals surface area contributed by atoms with Crippen LogP contribution < -0.4 is 5.32 Å². The number of carbonyl (C=O) groups is 3. The van der Waals surface area contributed by atoms with Crippen molar-refractivity contribution in [3.63, 3.8) is 0 Å². The molecule has 1 unspecified atom stereocenters. The second kappa shape index (κ2) is 16.0. The number of nitrogens with zero attached hydrogens (tertiary/aromatic N) is 4. The number of halogens is 2. The average molecular weight is 672 g/mol. The van der Waals surface area contributed by atoms with Crippen molar-refractivity contribution in [2.75, 3.05) is 25.0 Å². The molecule has 0 radical (unpaired) electrons. The molecule has 3 aromatic carbocycles. The maximum absolute atomic E-state index is 14.5. The van der Waals surface area contributed by atoms with Gasteiger partial charge in [0.2, 0.25) is 5.91 Å². The first-order chi connectivity index (χ1) is 23.6. The van der Waals surface area contributed by atoms with Crippen molar-refractivity contribution in [3.05, 3.63) is 112 Å². The summed E-state index contributed by atoms with van der Waals surface area (Å²) in [7, 11) is 0. The maximum atomic E-state index is 14.5. The van der Waals surface area contributed by atoms with E-state index in [1.165, 1.54) is 6.07 Å². The molecule has 0 spiro atoms. The zero-order valence-electron chi connectivity index (χ0n) is 28.2. The predicted molar refractivity (Wildman–Crippen MR) is 184 cm³/mol. The first-order valence-electron chi connectivity index (χ1n) is 16.9. The number of fused-ring (bicyclic) bond motifs is 1. The Morgan fingerprint density at radius 3 is 2.33 bits per heavy atom. The van der Waals surface area contributed by atoms with Gasteiger partial charge in [-0.25, -0.2) is 13.5 Å². The van der Waals surface area contributed by atoms with Gasteiger partial charge in [-0.15, -0.1) is 0 Å². The summed E-state index contributed by atoms with van der Waals surface area (Å²) in [5.41, 5.74) is 4.16. The zero-order valence-corrected chi connectivity index (χ0v) is 28.2. The third-order valence-electron chi connectivity index (χ3n) is 8.87. The Morgan fingerprint density at radius 2 is 1.65 bits per heavy atom. The van der Waals surface area contributed by atoms with Gasteiger partial charge in [-0.05, 0) is 79.3 Å². The van der Waals surface area contributed by atoms with Crippen LogP contribution in [0.5, 0.6) is 0 Å². The molecule has 4 aromatic rings. The van der Waals surface area contributed by atoms with Crippen LogP contribution in [0, 0.1) is 18.6 Å². The number of aromatic nitrogens is 2. The molecule has 1 aromatic heterocycles. The van der Waals surface area contributed by atoms with E-state index >= 15 is 0 Å². The second-order valence-corrected chi connectivity index (χ2v) is 12.5. The van der Waals surface area contributed by atoms with Gasteiger partial charge >= 0.3 is 0 Å². The fraction of sp³-hybridized carbons (Fsp3) is 0.368. The van der Waals surface area contributed by atoms with Crippen molar-refractivity contribution < 1.29 is 28.3 Å². The summed E-state index contributed by atoms with van der Waals surface area (Å²) in [5.74, 6) is -3.09. The van der Waals surface area contributed by atoms with Crippen molar-refractivity contribution >= 4 is 23.4 Å². The number of aliphatic hydroxyl groups excluding tert-OH is 1. The number of aryl methyl sites for hydroxylation is 1. The molecule has 3 amide bonds. The van der Waals surface area contributed by atoms with Crippen LogP contribution in [0.1, 0.15) is 82.8 Å². The Morgan fingerprint density at radius 1 is 0.939 bits per heavy atom. The van der Waals surface area contributed by atoms with Crippen LogP contribution in [0.3, 0.4) is 0 Å². The molecule has 1 aliphatic rings. The number of nitrogens with one attached hydrogen (secondary N) is 1. The minimum atomic E-state index is -1.05. The van der Waals surface area contributed by atoms with Crippen molar-refractivity contribution in [1.82, 2.24) is 19.6 Å². The van der Waals surface area contributed by atoms with Gasteiger partial charge in [-0.3, -0.25) is 14.4 Å². The van der Waals surface area contributed by atoms with Gasteiger partial charge < -0.3 is 20.2 Å². The standard InChI is InChI=1S/C38H43F2N5O4/c1-4-6-16-43(17-7-5-2)38(49)34-18-25(3)45(42-34)35-15-13-29(41-36(47)20-26-12-14-32(39)33(40)19-26)22-31(35)37(48)44-23-28-11-9-8-10-27(28)21-30(44)24-46/h8-15,18-19,22,30,46H,4-7,16-17,20-21,23-24H2,1-3H3,(H,41,47). The van der Waals surface area contributed by atoms with Gasteiger partial charge in [-0.1, -0.05) is 57.0 Å². The molecule has 5 rings (SSSR count). The first kappa shape index (κ1) is 35.4. The van der Waals surface area contributed by atoms with E-state index in [-0.39, 0.29) is 42.6 Å². The van der Waals surface area contributed by atoms with Gasteiger partial charge in [0.25, 0.3) is 11.8 Å². The second-order valence-electron chi connectivity index (χ2n) is 12.5.